The first-order valence-corrected chi connectivity index (χ1v) is 9.18. The van der Waals surface area contributed by atoms with Crippen molar-refractivity contribution in [2.75, 3.05) is 19.3 Å². The molecule has 3 N–H and O–H groups in total. The van der Waals surface area contributed by atoms with Crippen LogP contribution in [0.2, 0.25) is 0 Å². The number of aliphatic hydroxyl groups is 1. The molecule has 0 bridgehead atoms. The quantitative estimate of drug-likeness (QED) is 0.577. The van der Waals surface area contributed by atoms with Gasteiger partial charge in [-0.3, -0.25) is 4.79 Å². The summed E-state index contributed by atoms with van der Waals surface area (Å²) in [4.78, 5) is 25.3. The number of hydrogen-bond acceptors (Lipinski definition) is 6. The number of alkyl halides is 3. The van der Waals surface area contributed by atoms with Crippen LogP contribution in [0.5, 0.6) is 0 Å². The summed E-state index contributed by atoms with van der Waals surface area (Å²) in [5, 5.41) is 10.2. The predicted molar refractivity (Wildman–Crippen MR) is 106 cm³/mol. The van der Waals surface area contributed by atoms with Gasteiger partial charge in [-0.05, 0) is 12.1 Å². The van der Waals surface area contributed by atoms with E-state index in [1.807, 2.05) is 0 Å². The van der Waals surface area contributed by atoms with Gasteiger partial charge in [-0.15, -0.1) is 0 Å². The van der Waals surface area contributed by atoms with Gasteiger partial charge in [-0.1, -0.05) is 24.0 Å². The highest BCUT2D eigenvalue weighted by molar-refractivity contribution is 5.91. The van der Waals surface area contributed by atoms with Gasteiger partial charge in [0.05, 0.1) is 5.56 Å². The van der Waals surface area contributed by atoms with Gasteiger partial charge in [0.15, 0.2) is 5.82 Å². The van der Waals surface area contributed by atoms with E-state index < -0.39 is 23.2 Å². The van der Waals surface area contributed by atoms with Crippen molar-refractivity contribution in [2.45, 2.75) is 18.2 Å². The minimum atomic E-state index is -4.62. The molecule has 31 heavy (non-hydrogen) atoms. The summed E-state index contributed by atoms with van der Waals surface area (Å²) in [7, 11) is 1.59. The van der Waals surface area contributed by atoms with E-state index in [1.165, 1.54) is 4.90 Å². The summed E-state index contributed by atoms with van der Waals surface area (Å²) in [6.45, 7) is 0.407. The standard InChI is InChI=1S/C21H16F3N5O2/c1-29-8-7-20(31,19(29)30)6-5-12-3-2-4-13(9-12)18-27-10-14-15(21(22,23)24)11-26-17(25)16(14)28-18/h2-4,9-11,31H,7-8H2,1H3,(H2,25,26)/t20-/m1/s1. The molecule has 7 nitrogen and oxygen atoms in total. The lowest BCUT2D eigenvalue weighted by atomic mass is 10.0. The van der Waals surface area contributed by atoms with Crippen LogP contribution in [0.1, 0.15) is 17.5 Å². The number of nitrogens with zero attached hydrogens (tertiary/aromatic N) is 4. The fourth-order valence-electron chi connectivity index (χ4n) is 3.29. The number of benzene rings is 1. The lowest BCUT2D eigenvalue weighted by Gasteiger charge is -2.13. The molecule has 0 radical (unpaired) electrons. The van der Waals surface area contributed by atoms with E-state index >= 15 is 0 Å². The van der Waals surface area contributed by atoms with E-state index in [1.54, 1.807) is 31.3 Å². The van der Waals surface area contributed by atoms with Gasteiger partial charge in [0.25, 0.3) is 5.91 Å². The van der Waals surface area contributed by atoms with Crippen LogP contribution in [0.3, 0.4) is 0 Å². The van der Waals surface area contributed by atoms with E-state index in [-0.39, 0.29) is 29.0 Å². The number of fused-ring (bicyclic) bond motifs is 1. The molecule has 0 spiro atoms. The molecular weight excluding hydrogens is 411 g/mol. The Labute approximate surface area is 174 Å². The third kappa shape index (κ3) is 3.75. The third-order valence-corrected chi connectivity index (χ3v) is 5.00. The number of hydrogen-bond donors (Lipinski definition) is 2. The molecule has 0 aliphatic carbocycles. The second-order valence-corrected chi connectivity index (χ2v) is 7.18. The first-order chi connectivity index (χ1) is 14.6. The maximum atomic E-state index is 13.2. The molecular formula is C21H16F3N5O2. The number of likely N-dealkylation sites (N-methyl/N-ethyl adjacent to an activating group) is 1. The number of nitrogen functional groups attached to an aromatic ring is 1. The van der Waals surface area contributed by atoms with Gasteiger partial charge < -0.3 is 15.7 Å². The first kappa shape index (κ1) is 20.6. The van der Waals surface area contributed by atoms with Crippen LogP contribution >= 0.6 is 0 Å². The lowest BCUT2D eigenvalue weighted by Crippen LogP contribution is -2.37. The number of amides is 1. The molecule has 158 valence electrons. The van der Waals surface area contributed by atoms with Gasteiger partial charge >= 0.3 is 6.18 Å². The van der Waals surface area contributed by atoms with Crippen molar-refractivity contribution in [1.29, 1.82) is 0 Å². The first-order valence-electron chi connectivity index (χ1n) is 9.18. The zero-order chi connectivity index (χ0) is 22.4. The fraction of sp³-hybridized carbons (Fsp3) is 0.238. The van der Waals surface area contributed by atoms with Crippen LogP contribution in [0.25, 0.3) is 22.3 Å². The second-order valence-electron chi connectivity index (χ2n) is 7.18. The van der Waals surface area contributed by atoms with Crippen molar-refractivity contribution in [1.82, 2.24) is 19.9 Å². The Kier molecular flexibility index (Phi) is 4.78. The highest BCUT2D eigenvalue weighted by atomic mass is 19.4. The number of halogens is 3. The van der Waals surface area contributed by atoms with E-state index in [0.29, 0.717) is 23.9 Å². The maximum absolute atomic E-state index is 13.2. The van der Waals surface area contributed by atoms with Gasteiger partial charge in [0.2, 0.25) is 5.60 Å². The van der Waals surface area contributed by atoms with E-state index in [4.69, 9.17) is 5.73 Å². The van der Waals surface area contributed by atoms with Crippen LogP contribution in [0.15, 0.2) is 36.7 Å². The van der Waals surface area contributed by atoms with Gasteiger partial charge in [0.1, 0.15) is 11.3 Å². The Morgan fingerprint density at radius 2 is 2.03 bits per heavy atom. The maximum Gasteiger partial charge on any atom is 0.418 e. The molecule has 10 heteroatoms. The molecule has 1 atom stereocenters. The molecule has 1 fully saturated rings. The van der Waals surface area contributed by atoms with E-state index in [2.05, 4.69) is 26.8 Å². The summed E-state index contributed by atoms with van der Waals surface area (Å²) >= 11 is 0. The van der Waals surface area contributed by atoms with Crippen molar-refractivity contribution in [3.05, 3.63) is 47.8 Å². The summed E-state index contributed by atoms with van der Waals surface area (Å²) in [6, 6.07) is 6.60. The van der Waals surface area contributed by atoms with Crippen LogP contribution in [-0.4, -0.2) is 50.1 Å². The summed E-state index contributed by atoms with van der Waals surface area (Å²) in [6.07, 6.45) is -2.70. The Bertz CT molecular complexity index is 1270. The molecule has 0 saturated carbocycles. The minimum Gasteiger partial charge on any atom is -0.382 e. The fourth-order valence-corrected chi connectivity index (χ4v) is 3.29. The second kappa shape index (κ2) is 7.21. The molecule has 1 aliphatic heterocycles. The topological polar surface area (TPSA) is 105 Å². The third-order valence-electron chi connectivity index (χ3n) is 5.00. The number of nitrogens with two attached hydrogens (primary N) is 1. The molecule has 2 aromatic heterocycles. The molecule has 3 heterocycles. The van der Waals surface area contributed by atoms with Crippen molar-refractivity contribution < 1.29 is 23.1 Å². The van der Waals surface area contributed by atoms with Crippen molar-refractivity contribution in [3.63, 3.8) is 0 Å². The monoisotopic (exact) mass is 427 g/mol. The van der Waals surface area contributed by atoms with Crippen molar-refractivity contribution >= 4 is 22.6 Å². The Morgan fingerprint density at radius 1 is 1.26 bits per heavy atom. The largest absolute Gasteiger partial charge is 0.418 e. The number of anilines is 1. The molecule has 3 aromatic rings. The zero-order valence-corrected chi connectivity index (χ0v) is 16.2. The number of carbonyl (C=O) groups excluding carboxylic acids is 1. The number of aromatic nitrogens is 3. The average Bonchev–Trinajstić information content (AvgIpc) is 3.00. The zero-order valence-electron chi connectivity index (χ0n) is 16.2. The highest BCUT2D eigenvalue weighted by Gasteiger charge is 2.42. The van der Waals surface area contributed by atoms with Crippen LogP contribution in [-0.2, 0) is 11.0 Å². The van der Waals surface area contributed by atoms with Gasteiger partial charge in [-0.2, -0.15) is 13.2 Å². The SMILES string of the molecule is CN1CC[C@](O)(C#Cc2cccc(-c3ncc4c(C(F)(F)F)cnc(N)c4n3)c2)C1=O. The number of likely N-dealkylation sites (tertiary alicyclic amines) is 1. The molecule has 1 amide bonds. The highest BCUT2D eigenvalue weighted by Crippen LogP contribution is 2.35. The number of rotatable bonds is 1. The van der Waals surface area contributed by atoms with Crippen molar-refractivity contribution in [2.24, 2.45) is 0 Å². The van der Waals surface area contributed by atoms with Gasteiger partial charge in [-0.25, -0.2) is 15.0 Å². The number of carbonyl (C=O) groups is 1. The lowest BCUT2D eigenvalue weighted by molar-refractivity contribution is -0.137. The Morgan fingerprint density at radius 3 is 2.71 bits per heavy atom. The van der Waals surface area contributed by atoms with Gasteiger partial charge in [0, 0.05) is 48.9 Å². The average molecular weight is 427 g/mol. The van der Waals surface area contributed by atoms with E-state index in [9.17, 15) is 23.1 Å². The van der Waals surface area contributed by atoms with Crippen LogP contribution in [0, 0.1) is 11.8 Å². The predicted octanol–water partition coefficient (Wildman–Crippen LogP) is 2.24. The Hall–Kier alpha value is -3.71. The van der Waals surface area contributed by atoms with Crippen LogP contribution in [0.4, 0.5) is 19.0 Å². The molecule has 1 aliphatic rings. The Balaban J connectivity index is 1.73. The minimum absolute atomic E-state index is 0.106. The normalized spacial score (nSPS) is 18.9. The van der Waals surface area contributed by atoms with Crippen molar-refractivity contribution in [3.8, 4) is 23.2 Å². The smallest absolute Gasteiger partial charge is 0.382 e. The summed E-state index contributed by atoms with van der Waals surface area (Å²) in [5.41, 5.74) is 3.89. The molecule has 4 rings (SSSR count). The van der Waals surface area contributed by atoms with E-state index in [0.717, 1.165) is 6.20 Å². The molecule has 1 aromatic carbocycles. The summed E-state index contributed by atoms with van der Waals surface area (Å²) < 4.78 is 39.7. The molecule has 0 unspecified atom stereocenters. The number of pyridine rings is 1. The van der Waals surface area contributed by atoms with Crippen LogP contribution < -0.4 is 5.73 Å². The molecule has 1 saturated heterocycles. The summed E-state index contributed by atoms with van der Waals surface area (Å²) in [5.74, 6) is 4.92.